The Morgan fingerprint density at radius 2 is 1.78 bits per heavy atom. The van der Waals surface area contributed by atoms with Gasteiger partial charge in [-0.2, -0.15) is 0 Å². The molecule has 0 N–H and O–H groups in total. The van der Waals surface area contributed by atoms with Gasteiger partial charge in [-0.25, -0.2) is 8.42 Å². The highest BCUT2D eigenvalue weighted by molar-refractivity contribution is 7.92. The third-order valence-electron chi connectivity index (χ3n) is 5.85. The smallest absolute Gasteiger partial charge is 0.264 e. The number of rotatable bonds is 6. The first kappa shape index (κ1) is 21.9. The Kier molecular flexibility index (Phi) is 5.93. The topological polar surface area (TPSA) is 66.9 Å². The number of sulfonamides is 1. The lowest BCUT2D eigenvalue weighted by molar-refractivity contribution is 0.0781. The molecular weight excluding hydrogens is 424 g/mol. The van der Waals surface area contributed by atoms with Gasteiger partial charge in [-0.1, -0.05) is 42.5 Å². The van der Waals surface area contributed by atoms with Crippen LogP contribution in [0.25, 0.3) is 0 Å². The lowest BCUT2D eigenvalue weighted by atomic mass is 10.1. The summed E-state index contributed by atoms with van der Waals surface area (Å²) in [6, 6.07) is 19.8. The zero-order valence-electron chi connectivity index (χ0n) is 18.4. The Bertz CT molecular complexity index is 1270. The van der Waals surface area contributed by atoms with Crippen molar-refractivity contribution in [2.75, 3.05) is 25.0 Å². The number of benzene rings is 3. The van der Waals surface area contributed by atoms with Gasteiger partial charge in [-0.3, -0.25) is 9.10 Å². The molecule has 0 saturated carbocycles. The lowest BCUT2D eigenvalue weighted by Crippen LogP contribution is -2.30. The molecule has 0 bridgehead atoms. The maximum absolute atomic E-state index is 13.4. The van der Waals surface area contributed by atoms with Crippen LogP contribution in [0.4, 0.5) is 5.69 Å². The van der Waals surface area contributed by atoms with Crippen molar-refractivity contribution >= 4 is 21.6 Å². The van der Waals surface area contributed by atoms with Gasteiger partial charge in [-0.05, 0) is 54.3 Å². The molecule has 0 atom stereocenters. The van der Waals surface area contributed by atoms with E-state index in [-0.39, 0.29) is 16.4 Å². The van der Waals surface area contributed by atoms with E-state index >= 15 is 0 Å². The van der Waals surface area contributed by atoms with Crippen molar-refractivity contribution in [2.24, 2.45) is 0 Å². The fourth-order valence-electron chi connectivity index (χ4n) is 4.02. The number of carbonyl (C=O) groups excluding carboxylic acids is 1. The predicted octanol–water partition coefficient (Wildman–Crippen LogP) is 4.03. The quantitative estimate of drug-likeness (QED) is 0.569. The summed E-state index contributed by atoms with van der Waals surface area (Å²) in [6.07, 6.45) is 0.663. The summed E-state index contributed by atoms with van der Waals surface area (Å²) >= 11 is 0. The molecule has 0 radical (unpaired) electrons. The molecule has 1 aliphatic heterocycles. The summed E-state index contributed by atoms with van der Waals surface area (Å²) in [5.41, 5.74) is 4.02. The number of amides is 1. The Balaban J connectivity index is 1.67. The summed E-state index contributed by atoms with van der Waals surface area (Å²) in [5.74, 6) is 0.0383. The van der Waals surface area contributed by atoms with Crippen molar-refractivity contribution in [1.82, 2.24) is 4.90 Å². The van der Waals surface area contributed by atoms with E-state index in [4.69, 9.17) is 4.74 Å². The number of hydrogen-bond acceptors (Lipinski definition) is 4. The van der Waals surface area contributed by atoms with Gasteiger partial charge in [0.05, 0.1) is 23.3 Å². The van der Waals surface area contributed by atoms with Crippen LogP contribution in [0.2, 0.25) is 0 Å². The molecule has 3 aromatic carbocycles. The fraction of sp³-hybridized carbons (Fsp3) is 0.240. The van der Waals surface area contributed by atoms with Gasteiger partial charge in [0.25, 0.3) is 15.9 Å². The first-order valence-electron chi connectivity index (χ1n) is 10.4. The zero-order chi connectivity index (χ0) is 22.9. The van der Waals surface area contributed by atoms with Crippen molar-refractivity contribution in [3.05, 3.63) is 89.0 Å². The molecule has 1 heterocycles. The maximum atomic E-state index is 13.4. The van der Waals surface area contributed by atoms with Gasteiger partial charge in [0.1, 0.15) is 5.75 Å². The van der Waals surface area contributed by atoms with E-state index in [2.05, 4.69) is 0 Å². The van der Waals surface area contributed by atoms with E-state index in [9.17, 15) is 13.2 Å². The maximum Gasteiger partial charge on any atom is 0.264 e. The molecule has 1 amide bonds. The highest BCUT2D eigenvalue weighted by Gasteiger charge is 2.32. The average molecular weight is 451 g/mol. The molecule has 0 saturated heterocycles. The van der Waals surface area contributed by atoms with Gasteiger partial charge in [0.15, 0.2) is 0 Å². The predicted molar refractivity (Wildman–Crippen MR) is 125 cm³/mol. The Morgan fingerprint density at radius 3 is 2.53 bits per heavy atom. The summed E-state index contributed by atoms with van der Waals surface area (Å²) < 4.78 is 33.7. The second-order valence-electron chi connectivity index (χ2n) is 7.91. The van der Waals surface area contributed by atoms with E-state index in [0.29, 0.717) is 30.9 Å². The number of methoxy groups -OCH3 is 1. The normalized spacial score (nSPS) is 13.0. The average Bonchev–Trinajstić information content (AvgIpc) is 3.24. The highest BCUT2D eigenvalue weighted by atomic mass is 32.2. The Morgan fingerprint density at radius 1 is 1.06 bits per heavy atom. The molecule has 32 heavy (non-hydrogen) atoms. The molecule has 4 rings (SSSR count). The molecule has 1 aliphatic rings. The number of fused-ring (bicyclic) bond motifs is 1. The molecule has 166 valence electrons. The number of carbonyl (C=O) groups is 1. The lowest BCUT2D eigenvalue weighted by Gasteiger charge is -2.22. The number of para-hydroxylation sites is 1. The third kappa shape index (κ3) is 3.96. The number of hydrogen-bond donors (Lipinski definition) is 0. The summed E-state index contributed by atoms with van der Waals surface area (Å²) in [4.78, 5) is 14.9. The first-order valence-corrected chi connectivity index (χ1v) is 11.9. The minimum Gasteiger partial charge on any atom is -0.496 e. The minimum atomic E-state index is -3.82. The second-order valence-corrected chi connectivity index (χ2v) is 9.77. The number of ether oxygens (including phenoxy) is 1. The molecule has 0 fully saturated rings. The van der Waals surface area contributed by atoms with E-state index in [1.54, 1.807) is 18.0 Å². The monoisotopic (exact) mass is 450 g/mol. The van der Waals surface area contributed by atoms with Crippen molar-refractivity contribution in [1.29, 1.82) is 0 Å². The SMILES string of the molecule is COc1ccc(S(=O)(=O)N2CCc3ccccc32)cc1C(=O)N(C)Cc1ccccc1C. The van der Waals surface area contributed by atoms with Crippen molar-refractivity contribution < 1.29 is 17.9 Å². The first-order chi connectivity index (χ1) is 15.3. The Labute approximate surface area is 189 Å². The van der Waals surface area contributed by atoms with Crippen LogP contribution in [0.3, 0.4) is 0 Å². The molecule has 0 unspecified atom stereocenters. The van der Waals surface area contributed by atoms with Crippen LogP contribution in [-0.4, -0.2) is 39.9 Å². The van der Waals surface area contributed by atoms with Crippen molar-refractivity contribution in [2.45, 2.75) is 24.8 Å². The number of aryl methyl sites for hydroxylation is 1. The fourth-order valence-corrected chi connectivity index (χ4v) is 5.55. The molecule has 3 aromatic rings. The zero-order valence-corrected chi connectivity index (χ0v) is 19.2. The van der Waals surface area contributed by atoms with Gasteiger partial charge < -0.3 is 9.64 Å². The molecular formula is C25H26N2O4S. The highest BCUT2D eigenvalue weighted by Crippen LogP contribution is 2.34. The largest absolute Gasteiger partial charge is 0.496 e. The van der Waals surface area contributed by atoms with Crippen molar-refractivity contribution in [3.8, 4) is 5.75 Å². The number of nitrogens with zero attached hydrogens (tertiary/aromatic N) is 2. The van der Waals surface area contributed by atoms with E-state index in [1.165, 1.54) is 23.5 Å². The minimum absolute atomic E-state index is 0.0719. The Hall–Kier alpha value is -3.32. The standard InChI is InChI=1S/C25H26N2O4S/c1-18-8-4-5-10-20(18)17-26(2)25(28)22-16-21(12-13-24(22)31-3)32(29,30)27-15-14-19-9-6-7-11-23(19)27/h4-13,16H,14-15,17H2,1-3H3. The van der Waals surface area contributed by atoms with Gasteiger partial charge in [-0.15, -0.1) is 0 Å². The van der Waals surface area contributed by atoms with Gasteiger partial charge >= 0.3 is 0 Å². The molecule has 6 nitrogen and oxygen atoms in total. The van der Waals surface area contributed by atoms with Crippen LogP contribution < -0.4 is 9.04 Å². The van der Waals surface area contributed by atoms with Gasteiger partial charge in [0.2, 0.25) is 0 Å². The van der Waals surface area contributed by atoms with Crippen molar-refractivity contribution in [3.63, 3.8) is 0 Å². The molecule has 7 heteroatoms. The summed E-state index contributed by atoms with van der Waals surface area (Å²) in [6.45, 7) is 2.78. The van der Waals surface area contributed by atoms with E-state index in [0.717, 1.165) is 16.7 Å². The number of anilines is 1. The molecule has 0 aliphatic carbocycles. The van der Waals surface area contributed by atoms with Crippen LogP contribution in [-0.2, 0) is 23.0 Å². The van der Waals surface area contributed by atoms with E-state index in [1.807, 2.05) is 55.5 Å². The van der Waals surface area contributed by atoms with Crippen LogP contribution in [0.5, 0.6) is 5.75 Å². The molecule has 0 spiro atoms. The van der Waals surface area contributed by atoms with Crippen LogP contribution in [0.15, 0.2) is 71.6 Å². The van der Waals surface area contributed by atoms with Gasteiger partial charge in [0, 0.05) is 20.1 Å². The second kappa shape index (κ2) is 8.67. The van der Waals surface area contributed by atoms with Crippen LogP contribution in [0, 0.1) is 6.92 Å². The summed E-state index contributed by atoms with van der Waals surface area (Å²) in [7, 11) is -0.646. The molecule has 0 aromatic heterocycles. The van der Waals surface area contributed by atoms with E-state index < -0.39 is 10.0 Å². The third-order valence-corrected chi connectivity index (χ3v) is 7.66. The van der Waals surface area contributed by atoms with Crippen LogP contribution >= 0.6 is 0 Å². The van der Waals surface area contributed by atoms with Crippen LogP contribution in [0.1, 0.15) is 27.0 Å². The summed E-state index contributed by atoms with van der Waals surface area (Å²) in [5, 5.41) is 0.